The summed E-state index contributed by atoms with van der Waals surface area (Å²) in [6, 6.07) is 2.05. The van der Waals surface area contributed by atoms with Crippen molar-refractivity contribution in [3.8, 4) is 0 Å². The van der Waals surface area contributed by atoms with Crippen LogP contribution in [0, 0.1) is 11.8 Å². The Balaban J connectivity index is 2.05. The van der Waals surface area contributed by atoms with Crippen LogP contribution in [0.2, 0.25) is 0 Å². The third-order valence-electron chi connectivity index (χ3n) is 3.69. The largest absolute Gasteiger partial charge is 0.466 e. The topological polar surface area (TPSA) is 55.3 Å². The minimum absolute atomic E-state index is 0.0396. The van der Waals surface area contributed by atoms with Crippen molar-refractivity contribution in [3.63, 3.8) is 0 Å². The van der Waals surface area contributed by atoms with Gasteiger partial charge in [-0.25, -0.2) is 9.97 Å². The second-order valence-electron chi connectivity index (χ2n) is 6.00. The lowest BCUT2D eigenvalue weighted by molar-refractivity contribution is -0.148. The second-order valence-corrected chi connectivity index (χ2v) is 6.00. The Morgan fingerprint density at radius 2 is 2.29 bits per heavy atom. The number of anilines is 1. The van der Waals surface area contributed by atoms with Crippen LogP contribution in [0.5, 0.6) is 0 Å². The molecule has 1 saturated heterocycles. The number of nitrogens with zero attached hydrogens (tertiary/aromatic N) is 3. The molecule has 1 fully saturated rings. The molecule has 1 aliphatic rings. The number of esters is 1. The van der Waals surface area contributed by atoms with Gasteiger partial charge < -0.3 is 9.64 Å². The quantitative estimate of drug-likeness (QED) is 0.780. The Labute approximate surface area is 126 Å². The van der Waals surface area contributed by atoms with Crippen LogP contribution in [0.3, 0.4) is 0 Å². The maximum absolute atomic E-state index is 11.9. The highest BCUT2D eigenvalue weighted by Gasteiger charge is 2.27. The number of piperidine rings is 1. The molecule has 0 saturated carbocycles. The minimum Gasteiger partial charge on any atom is -0.466 e. The highest BCUT2D eigenvalue weighted by atomic mass is 16.5. The van der Waals surface area contributed by atoms with E-state index in [2.05, 4.69) is 28.7 Å². The SMILES string of the molecule is CCOC(=O)C1CCCN(c2cc(CC(C)C)ncn2)C1. The van der Waals surface area contributed by atoms with Gasteiger partial charge in [0.1, 0.15) is 12.1 Å². The summed E-state index contributed by atoms with van der Waals surface area (Å²) in [4.78, 5) is 22.8. The third-order valence-corrected chi connectivity index (χ3v) is 3.69. The summed E-state index contributed by atoms with van der Waals surface area (Å²) in [6.45, 7) is 8.28. The minimum atomic E-state index is -0.0846. The van der Waals surface area contributed by atoms with Crippen LogP contribution in [0.4, 0.5) is 5.82 Å². The lowest BCUT2D eigenvalue weighted by Gasteiger charge is -2.32. The predicted octanol–water partition coefficient (Wildman–Crippen LogP) is 2.45. The fraction of sp³-hybridized carbons (Fsp3) is 0.688. The fourth-order valence-corrected chi connectivity index (χ4v) is 2.73. The molecule has 0 aliphatic carbocycles. The van der Waals surface area contributed by atoms with Gasteiger partial charge in [0.2, 0.25) is 0 Å². The van der Waals surface area contributed by atoms with Crippen LogP contribution in [0.25, 0.3) is 0 Å². The highest BCUT2D eigenvalue weighted by molar-refractivity contribution is 5.73. The monoisotopic (exact) mass is 291 g/mol. The predicted molar refractivity (Wildman–Crippen MR) is 82.1 cm³/mol. The van der Waals surface area contributed by atoms with Crippen LogP contribution < -0.4 is 4.90 Å². The van der Waals surface area contributed by atoms with E-state index in [-0.39, 0.29) is 11.9 Å². The third kappa shape index (κ3) is 4.41. The Morgan fingerprint density at radius 1 is 1.48 bits per heavy atom. The summed E-state index contributed by atoms with van der Waals surface area (Å²) in [7, 11) is 0. The normalized spacial score (nSPS) is 18.9. The van der Waals surface area contributed by atoms with E-state index in [4.69, 9.17) is 4.74 Å². The molecule has 0 bridgehead atoms. The van der Waals surface area contributed by atoms with Crippen molar-refractivity contribution in [2.24, 2.45) is 11.8 Å². The van der Waals surface area contributed by atoms with Crippen LogP contribution in [0.1, 0.15) is 39.3 Å². The van der Waals surface area contributed by atoms with Gasteiger partial charge in [-0.3, -0.25) is 4.79 Å². The van der Waals surface area contributed by atoms with Crippen molar-refractivity contribution in [2.75, 3.05) is 24.6 Å². The van der Waals surface area contributed by atoms with Crippen molar-refractivity contribution >= 4 is 11.8 Å². The van der Waals surface area contributed by atoms with Gasteiger partial charge in [-0.05, 0) is 32.1 Å². The summed E-state index contributed by atoms with van der Waals surface area (Å²) < 4.78 is 5.14. The molecule has 1 atom stereocenters. The first kappa shape index (κ1) is 15.7. The first-order valence-electron chi connectivity index (χ1n) is 7.82. The Bertz CT molecular complexity index is 476. The maximum atomic E-state index is 11.9. The summed E-state index contributed by atoms with van der Waals surface area (Å²) in [6.07, 6.45) is 4.47. The van der Waals surface area contributed by atoms with E-state index in [1.165, 1.54) is 0 Å². The van der Waals surface area contributed by atoms with Crippen LogP contribution in [-0.2, 0) is 16.0 Å². The standard InChI is InChI=1S/C16H25N3O2/c1-4-21-16(20)13-6-5-7-19(10-13)15-9-14(8-12(2)3)17-11-18-15/h9,11-13H,4-8,10H2,1-3H3. The van der Waals surface area contributed by atoms with Crippen molar-refractivity contribution < 1.29 is 9.53 Å². The van der Waals surface area contributed by atoms with E-state index >= 15 is 0 Å². The fourth-order valence-electron chi connectivity index (χ4n) is 2.73. The molecule has 5 heteroatoms. The molecule has 0 N–H and O–H groups in total. The van der Waals surface area contributed by atoms with Crippen LogP contribution >= 0.6 is 0 Å². The molecule has 0 amide bonds. The van der Waals surface area contributed by atoms with Gasteiger partial charge in [-0.15, -0.1) is 0 Å². The van der Waals surface area contributed by atoms with Crippen molar-refractivity contribution in [3.05, 3.63) is 18.1 Å². The summed E-state index contributed by atoms with van der Waals surface area (Å²) >= 11 is 0. The summed E-state index contributed by atoms with van der Waals surface area (Å²) in [5, 5.41) is 0. The van der Waals surface area contributed by atoms with Gasteiger partial charge in [0, 0.05) is 24.8 Å². The molecule has 1 aromatic rings. The summed E-state index contributed by atoms with van der Waals surface area (Å²) in [5.41, 5.74) is 1.06. The molecule has 5 nitrogen and oxygen atoms in total. The first-order valence-corrected chi connectivity index (χ1v) is 7.82. The van der Waals surface area contributed by atoms with Crippen LogP contribution in [0.15, 0.2) is 12.4 Å². The smallest absolute Gasteiger partial charge is 0.310 e. The van der Waals surface area contributed by atoms with Crippen LogP contribution in [-0.4, -0.2) is 35.6 Å². The number of aromatic nitrogens is 2. The molecular formula is C16H25N3O2. The molecule has 1 aromatic heterocycles. The molecule has 2 heterocycles. The first-order chi connectivity index (χ1) is 10.1. The molecule has 116 valence electrons. The molecular weight excluding hydrogens is 266 g/mol. The molecule has 1 unspecified atom stereocenters. The number of carbonyl (C=O) groups excluding carboxylic acids is 1. The van der Waals surface area contributed by atoms with E-state index in [0.29, 0.717) is 19.1 Å². The van der Waals surface area contributed by atoms with Gasteiger partial charge >= 0.3 is 5.97 Å². The highest BCUT2D eigenvalue weighted by Crippen LogP contribution is 2.23. The van der Waals surface area contributed by atoms with E-state index in [1.54, 1.807) is 6.33 Å². The molecule has 0 aromatic carbocycles. The van der Waals surface area contributed by atoms with Gasteiger partial charge in [0.25, 0.3) is 0 Å². The van der Waals surface area contributed by atoms with Crippen molar-refractivity contribution in [2.45, 2.75) is 40.0 Å². The molecule has 21 heavy (non-hydrogen) atoms. The van der Waals surface area contributed by atoms with Gasteiger partial charge in [-0.1, -0.05) is 13.8 Å². The molecule has 1 aliphatic heterocycles. The average molecular weight is 291 g/mol. The van der Waals surface area contributed by atoms with E-state index < -0.39 is 0 Å². The number of hydrogen-bond donors (Lipinski definition) is 0. The van der Waals surface area contributed by atoms with E-state index in [0.717, 1.165) is 37.3 Å². The molecule has 0 spiro atoms. The Kier molecular flexibility index (Phi) is 5.53. The molecule has 0 radical (unpaired) electrons. The Morgan fingerprint density at radius 3 is 3.00 bits per heavy atom. The van der Waals surface area contributed by atoms with Gasteiger partial charge in [0.15, 0.2) is 0 Å². The summed E-state index contributed by atoms with van der Waals surface area (Å²) in [5.74, 6) is 1.37. The van der Waals surface area contributed by atoms with E-state index in [9.17, 15) is 4.79 Å². The zero-order chi connectivity index (χ0) is 15.2. The van der Waals surface area contributed by atoms with E-state index in [1.807, 2.05) is 13.0 Å². The number of rotatable bonds is 5. The number of ether oxygens (including phenoxy) is 1. The number of carbonyl (C=O) groups is 1. The van der Waals surface area contributed by atoms with Gasteiger partial charge in [0.05, 0.1) is 12.5 Å². The zero-order valence-electron chi connectivity index (χ0n) is 13.2. The number of hydrogen-bond acceptors (Lipinski definition) is 5. The lowest BCUT2D eigenvalue weighted by Crippen LogP contribution is -2.39. The molecule has 2 rings (SSSR count). The van der Waals surface area contributed by atoms with Gasteiger partial charge in [-0.2, -0.15) is 0 Å². The second kappa shape index (κ2) is 7.38. The maximum Gasteiger partial charge on any atom is 0.310 e. The zero-order valence-corrected chi connectivity index (χ0v) is 13.2. The lowest BCUT2D eigenvalue weighted by atomic mass is 9.98. The average Bonchev–Trinajstić information content (AvgIpc) is 2.47. The van der Waals surface area contributed by atoms with Crippen molar-refractivity contribution in [1.29, 1.82) is 0 Å². The Hall–Kier alpha value is -1.65. The van der Waals surface area contributed by atoms with Crippen molar-refractivity contribution in [1.82, 2.24) is 9.97 Å².